The average Bonchev–Trinajstić information content (AvgIpc) is 2.33. The van der Waals surface area contributed by atoms with Crippen molar-refractivity contribution in [2.75, 3.05) is 11.5 Å². The van der Waals surface area contributed by atoms with Crippen LogP contribution in [0, 0.1) is 0 Å². The fraction of sp³-hybridized carbons (Fsp3) is 0.667. The first-order valence-electron chi connectivity index (χ1n) is 5.20. The first-order chi connectivity index (χ1) is 8.33. The number of hydrogen-bond acceptors (Lipinski definition) is 6. The van der Waals surface area contributed by atoms with Gasteiger partial charge in [0.2, 0.25) is 17.7 Å². The van der Waals surface area contributed by atoms with Crippen molar-refractivity contribution in [3.05, 3.63) is 0 Å². The van der Waals surface area contributed by atoms with Gasteiger partial charge in [0.1, 0.15) is 12.1 Å². The van der Waals surface area contributed by atoms with Crippen LogP contribution in [-0.4, -0.2) is 47.4 Å². The number of amides is 3. The van der Waals surface area contributed by atoms with E-state index in [2.05, 4.69) is 35.9 Å². The van der Waals surface area contributed by atoms with E-state index in [0.29, 0.717) is 0 Å². The molecule has 0 saturated carbocycles. The third-order valence-corrected chi connectivity index (χ3v) is 2.89. The van der Waals surface area contributed by atoms with Crippen LogP contribution in [0.25, 0.3) is 0 Å². The summed E-state index contributed by atoms with van der Waals surface area (Å²) in [5.41, 5.74) is 10.5. The molecule has 0 heterocycles. The highest BCUT2D eigenvalue weighted by Crippen LogP contribution is 1.92. The second-order valence-corrected chi connectivity index (χ2v) is 4.40. The van der Waals surface area contributed by atoms with Crippen molar-refractivity contribution in [1.82, 2.24) is 10.6 Å². The number of hydrogen-bond donors (Lipinski definition) is 6. The summed E-state index contributed by atoms with van der Waals surface area (Å²) >= 11 is 7.75. The molecule has 7 nitrogen and oxygen atoms in total. The number of thiol groups is 2. The van der Waals surface area contributed by atoms with E-state index in [0.717, 1.165) is 0 Å². The molecule has 0 rings (SSSR count). The Labute approximate surface area is 116 Å². The summed E-state index contributed by atoms with van der Waals surface area (Å²) in [4.78, 5) is 33.9. The summed E-state index contributed by atoms with van der Waals surface area (Å²) in [7, 11) is 0. The van der Waals surface area contributed by atoms with E-state index >= 15 is 0 Å². The molecule has 6 N–H and O–H groups in total. The van der Waals surface area contributed by atoms with Crippen molar-refractivity contribution in [3.63, 3.8) is 0 Å². The lowest BCUT2D eigenvalue weighted by Crippen LogP contribution is -2.54. The molecule has 0 aromatic rings. The number of nitrogens with one attached hydrogen (secondary N) is 2. The summed E-state index contributed by atoms with van der Waals surface area (Å²) in [5.74, 6) is -1.47. The molecule has 0 unspecified atom stereocenters. The molecule has 0 radical (unpaired) electrons. The van der Waals surface area contributed by atoms with Gasteiger partial charge >= 0.3 is 0 Å². The van der Waals surface area contributed by atoms with Crippen molar-refractivity contribution >= 4 is 43.0 Å². The van der Waals surface area contributed by atoms with Gasteiger partial charge in [0.15, 0.2) is 0 Å². The number of nitrogens with two attached hydrogens (primary N) is 2. The van der Waals surface area contributed by atoms with Gasteiger partial charge in [-0.05, 0) is 6.92 Å². The standard InChI is InChI=1S/C9H18N4O3S2/c1-4(12-9(16)5(10)2-17)8(15)13-6(3-18)7(11)14/h4-6,17-18H,2-3,10H2,1H3,(H2,11,14)(H,12,16)(H,13,15)/t4-,5-,6-/m0/s1. The molecule has 104 valence electrons. The van der Waals surface area contributed by atoms with Crippen molar-refractivity contribution in [1.29, 1.82) is 0 Å². The number of carbonyl (C=O) groups is 3. The van der Waals surface area contributed by atoms with Gasteiger partial charge in [-0.1, -0.05) is 0 Å². The van der Waals surface area contributed by atoms with Gasteiger partial charge in [0.25, 0.3) is 0 Å². The average molecular weight is 294 g/mol. The fourth-order valence-electron chi connectivity index (χ4n) is 0.972. The molecule has 0 aliphatic rings. The van der Waals surface area contributed by atoms with Gasteiger partial charge in [-0.25, -0.2) is 0 Å². The van der Waals surface area contributed by atoms with E-state index in [-0.39, 0.29) is 11.5 Å². The zero-order chi connectivity index (χ0) is 14.3. The SMILES string of the molecule is C[C@H](NC(=O)[C@@H](N)CS)C(=O)N[C@@H](CS)C(N)=O. The summed E-state index contributed by atoms with van der Waals surface area (Å²) in [6.07, 6.45) is 0. The smallest absolute Gasteiger partial charge is 0.242 e. The Bertz CT molecular complexity index is 327. The van der Waals surface area contributed by atoms with Crippen LogP contribution >= 0.6 is 25.3 Å². The topological polar surface area (TPSA) is 127 Å². The Morgan fingerprint density at radius 2 is 1.67 bits per heavy atom. The maximum absolute atomic E-state index is 11.6. The summed E-state index contributed by atoms with van der Waals surface area (Å²) in [6, 6.07) is -2.50. The van der Waals surface area contributed by atoms with Crippen molar-refractivity contribution in [2.45, 2.75) is 25.0 Å². The Balaban J connectivity index is 4.34. The van der Waals surface area contributed by atoms with E-state index in [9.17, 15) is 14.4 Å². The molecule has 0 bridgehead atoms. The van der Waals surface area contributed by atoms with E-state index in [1.54, 1.807) is 0 Å². The van der Waals surface area contributed by atoms with Gasteiger partial charge in [0, 0.05) is 11.5 Å². The van der Waals surface area contributed by atoms with Crippen molar-refractivity contribution < 1.29 is 14.4 Å². The van der Waals surface area contributed by atoms with Gasteiger partial charge in [-0.15, -0.1) is 0 Å². The number of carbonyl (C=O) groups excluding carboxylic acids is 3. The highest BCUT2D eigenvalue weighted by molar-refractivity contribution is 7.80. The second kappa shape index (κ2) is 8.22. The molecular weight excluding hydrogens is 276 g/mol. The van der Waals surface area contributed by atoms with Crippen LogP contribution in [0.1, 0.15) is 6.92 Å². The monoisotopic (exact) mass is 294 g/mol. The molecule has 0 saturated heterocycles. The minimum Gasteiger partial charge on any atom is -0.368 e. The lowest BCUT2D eigenvalue weighted by Gasteiger charge is -2.19. The third kappa shape index (κ3) is 5.61. The molecule has 0 spiro atoms. The lowest BCUT2D eigenvalue weighted by molar-refractivity contribution is -0.130. The molecule has 0 aliphatic heterocycles. The molecule has 0 aromatic heterocycles. The van der Waals surface area contributed by atoms with Crippen LogP contribution < -0.4 is 22.1 Å². The van der Waals surface area contributed by atoms with Crippen LogP contribution in [-0.2, 0) is 14.4 Å². The zero-order valence-corrected chi connectivity index (χ0v) is 11.7. The maximum Gasteiger partial charge on any atom is 0.242 e. The van der Waals surface area contributed by atoms with E-state index in [1.807, 2.05) is 0 Å². The predicted molar refractivity (Wildman–Crippen MR) is 74.4 cm³/mol. The van der Waals surface area contributed by atoms with E-state index in [4.69, 9.17) is 11.5 Å². The van der Waals surface area contributed by atoms with Gasteiger partial charge < -0.3 is 22.1 Å². The normalized spacial score (nSPS) is 15.3. The van der Waals surface area contributed by atoms with Crippen LogP contribution in [0.3, 0.4) is 0 Å². The molecule has 3 atom stereocenters. The predicted octanol–water partition coefficient (Wildman–Crippen LogP) is -2.35. The minimum absolute atomic E-state index is 0.0812. The molecule has 0 fully saturated rings. The lowest BCUT2D eigenvalue weighted by atomic mass is 10.2. The first kappa shape index (κ1) is 17.1. The third-order valence-electron chi connectivity index (χ3n) is 2.13. The second-order valence-electron chi connectivity index (χ2n) is 3.67. The molecule has 3 amide bonds. The summed E-state index contributed by atoms with van der Waals surface area (Å²) in [6.45, 7) is 1.47. The van der Waals surface area contributed by atoms with Gasteiger partial charge in [-0.3, -0.25) is 14.4 Å². The zero-order valence-electron chi connectivity index (χ0n) is 9.92. The molecule has 0 aliphatic carbocycles. The minimum atomic E-state index is -0.876. The Kier molecular flexibility index (Phi) is 7.80. The van der Waals surface area contributed by atoms with E-state index in [1.165, 1.54) is 6.92 Å². The van der Waals surface area contributed by atoms with Crippen molar-refractivity contribution in [2.24, 2.45) is 11.5 Å². The Hall–Kier alpha value is -0.930. The Morgan fingerprint density at radius 1 is 1.11 bits per heavy atom. The maximum atomic E-state index is 11.6. The molecule has 0 aromatic carbocycles. The van der Waals surface area contributed by atoms with Crippen LogP contribution in [0.15, 0.2) is 0 Å². The number of primary amides is 1. The van der Waals surface area contributed by atoms with Gasteiger partial charge in [-0.2, -0.15) is 25.3 Å². The summed E-state index contributed by atoms with van der Waals surface area (Å²) < 4.78 is 0. The Morgan fingerprint density at radius 3 is 2.06 bits per heavy atom. The molecule has 9 heteroatoms. The number of rotatable bonds is 7. The molecule has 18 heavy (non-hydrogen) atoms. The highest BCUT2D eigenvalue weighted by atomic mass is 32.1. The summed E-state index contributed by atoms with van der Waals surface area (Å²) in [5, 5.41) is 4.76. The largest absolute Gasteiger partial charge is 0.368 e. The first-order valence-corrected chi connectivity index (χ1v) is 6.47. The highest BCUT2D eigenvalue weighted by Gasteiger charge is 2.22. The quantitative estimate of drug-likeness (QED) is 0.294. The molecular formula is C9H18N4O3S2. The van der Waals surface area contributed by atoms with Crippen molar-refractivity contribution in [3.8, 4) is 0 Å². The van der Waals surface area contributed by atoms with Gasteiger partial charge in [0.05, 0.1) is 6.04 Å². The van der Waals surface area contributed by atoms with Crippen LogP contribution in [0.4, 0.5) is 0 Å². The van der Waals surface area contributed by atoms with Crippen LogP contribution in [0.5, 0.6) is 0 Å². The fourth-order valence-corrected chi connectivity index (χ4v) is 1.41. The van der Waals surface area contributed by atoms with Crippen LogP contribution in [0.2, 0.25) is 0 Å². The van der Waals surface area contributed by atoms with E-state index < -0.39 is 35.8 Å².